The largest absolute Gasteiger partial charge is 0.392 e. The van der Waals surface area contributed by atoms with Crippen molar-refractivity contribution in [1.29, 1.82) is 0 Å². The van der Waals surface area contributed by atoms with E-state index in [1.807, 2.05) is 163 Å². The summed E-state index contributed by atoms with van der Waals surface area (Å²) in [5, 5.41) is 46.9. The number of hydrogen-bond acceptors (Lipinski definition) is 17. The number of aliphatic hydroxyl groups excluding tert-OH is 2. The van der Waals surface area contributed by atoms with Gasteiger partial charge in [-0.1, -0.05) is 115 Å². The second kappa shape index (κ2) is 31.5. The van der Waals surface area contributed by atoms with Crippen molar-refractivity contribution >= 4 is 133 Å². The van der Waals surface area contributed by atoms with Crippen molar-refractivity contribution in [2.24, 2.45) is 23.5 Å². The molecule has 8 aromatic carbocycles. The first kappa shape index (κ1) is 66.1. The lowest BCUT2D eigenvalue weighted by Crippen LogP contribution is -2.28. The summed E-state index contributed by atoms with van der Waals surface area (Å²) in [7, 11) is 0. The van der Waals surface area contributed by atoms with Gasteiger partial charge in [0.2, 0.25) is 23.6 Å². The molecular weight excluding hydrogens is 1270 g/mol. The smallest absolute Gasteiger partial charge is 0.233 e. The van der Waals surface area contributed by atoms with Gasteiger partial charge in [0.25, 0.3) is 0 Å². The van der Waals surface area contributed by atoms with Crippen LogP contribution in [0.3, 0.4) is 0 Å². The molecule has 0 spiro atoms. The van der Waals surface area contributed by atoms with Crippen LogP contribution in [0, 0.1) is 24.7 Å². The van der Waals surface area contributed by atoms with Crippen LogP contribution in [0.5, 0.6) is 0 Å². The number of nitrogens with zero attached hydrogens (tertiary/aromatic N) is 3. The number of aliphatic hydroxyl groups is 2. The number of hydrogen-bond donors (Lipinski definition) is 10. The zero-order valence-corrected chi connectivity index (χ0v) is 55.4. The number of thiophene rings is 1. The number of benzene rings is 8. The molecule has 11 N–H and O–H groups in total. The van der Waals surface area contributed by atoms with Gasteiger partial charge in [0.05, 0.1) is 51.0 Å². The molecule has 0 unspecified atom stereocenters. The number of rotatable bonds is 15. The molecular formula is C74H73N11O6S4. The van der Waals surface area contributed by atoms with E-state index in [0.717, 1.165) is 99.6 Å². The molecule has 95 heavy (non-hydrogen) atoms. The molecule has 484 valence electrons. The summed E-state index contributed by atoms with van der Waals surface area (Å²) >= 11 is 5.96. The van der Waals surface area contributed by atoms with Gasteiger partial charge < -0.3 is 53.2 Å². The number of aromatic nitrogens is 3. The van der Waals surface area contributed by atoms with Gasteiger partial charge in [-0.15, -0.1) is 11.3 Å². The molecule has 3 fully saturated rings. The molecule has 0 radical (unpaired) electrons. The fourth-order valence-electron chi connectivity index (χ4n) is 12.3. The van der Waals surface area contributed by atoms with E-state index >= 15 is 0 Å². The Hall–Kier alpha value is -8.97. The Labute approximate surface area is 566 Å². The number of aryl methyl sites for hydroxylation is 1. The van der Waals surface area contributed by atoms with E-state index in [4.69, 9.17) is 10.8 Å². The van der Waals surface area contributed by atoms with Crippen molar-refractivity contribution in [2.45, 2.75) is 43.8 Å². The molecule has 4 amide bonds. The van der Waals surface area contributed by atoms with Crippen LogP contribution in [0.15, 0.2) is 206 Å². The minimum Gasteiger partial charge on any atom is -0.392 e. The van der Waals surface area contributed by atoms with Crippen LogP contribution in [0.1, 0.15) is 62.6 Å². The normalized spacial score (nSPS) is 18.4. The Morgan fingerprint density at radius 2 is 0.853 bits per heavy atom. The summed E-state index contributed by atoms with van der Waals surface area (Å²) in [5.41, 5.74) is 16.4. The minimum atomic E-state index is -0.415. The van der Waals surface area contributed by atoms with Gasteiger partial charge in [-0.3, -0.25) is 19.2 Å². The van der Waals surface area contributed by atoms with E-state index in [0.29, 0.717) is 19.6 Å². The third-order valence-electron chi connectivity index (χ3n) is 17.7. The maximum Gasteiger partial charge on any atom is 0.233 e. The second-order valence-corrected chi connectivity index (χ2v) is 27.3. The first-order valence-corrected chi connectivity index (χ1v) is 34.7. The second-order valence-electron chi connectivity index (χ2n) is 23.9. The third-order valence-corrected chi connectivity index (χ3v) is 20.9. The lowest BCUT2D eigenvalue weighted by molar-refractivity contribution is -0.120. The SMILES string of the molecule is Cc1ccc([C@@H]2CNC[C@H]2C(=O)Nc2ccc3cnsc3c2)cc1.NC[C@@H](C(=O)Nc1ccc2ccsc2c1)c1ccc(CO)cc1.O=C(Nc1ccc2cnsc2c1)[C@@H]1CNC[C@H]1c1ccc(CO)cc1.O=C(Nc1ccc2cnsc2c1)[C@@H]1CNC[C@H]1c1ccccc1. The lowest BCUT2D eigenvalue weighted by Gasteiger charge is -2.19. The van der Waals surface area contributed by atoms with Crippen LogP contribution < -0.4 is 43.0 Å². The van der Waals surface area contributed by atoms with Gasteiger partial charge in [0, 0.05) is 126 Å². The number of amides is 4. The lowest BCUT2D eigenvalue weighted by atomic mass is 9.88. The van der Waals surface area contributed by atoms with Crippen molar-refractivity contribution < 1.29 is 29.4 Å². The highest BCUT2D eigenvalue weighted by Crippen LogP contribution is 2.35. The third kappa shape index (κ3) is 16.4. The quantitative estimate of drug-likeness (QED) is 0.0459. The average Bonchev–Trinajstić information content (AvgIpc) is 1.85. The monoisotopic (exact) mass is 1340 g/mol. The highest BCUT2D eigenvalue weighted by atomic mass is 32.1. The van der Waals surface area contributed by atoms with Gasteiger partial charge in [0.1, 0.15) is 0 Å². The summed E-state index contributed by atoms with van der Waals surface area (Å²) in [6.07, 6.45) is 5.52. The summed E-state index contributed by atoms with van der Waals surface area (Å²) in [6, 6.07) is 59.5. The highest BCUT2D eigenvalue weighted by molar-refractivity contribution is 7.17. The Morgan fingerprint density at radius 1 is 0.463 bits per heavy atom. The van der Waals surface area contributed by atoms with Gasteiger partial charge >= 0.3 is 0 Å². The molecule has 21 heteroatoms. The van der Waals surface area contributed by atoms with Crippen LogP contribution in [0.4, 0.5) is 22.7 Å². The average molecular weight is 1340 g/mol. The molecule has 0 bridgehead atoms. The predicted octanol–water partition coefficient (Wildman–Crippen LogP) is 12.6. The maximum atomic E-state index is 12.8. The van der Waals surface area contributed by atoms with Crippen molar-refractivity contribution in [1.82, 2.24) is 29.1 Å². The van der Waals surface area contributed by atoms with Crippen molar-refractivity contribution in [3.05, 3.63) is 245 Å². The molecule has 4 aromatic heterocycles. The van der Waals surface area contributed by atoms with Crippen LogP contribution in [0.25, 0.3) is 40.3 Å². The zero-order valence-electron chi connectivity index (χ0n) is 52.1. The number of fused-ring (bicyclic) bond motifs is 4. The summed E-state index contributed by atoms with van der Waals surface area (Å²) in [6.45, 7) is 6.90. The van der Waals surface area contributed by atoms with Gasteiger partial charge in [-0.05, 0) is 158 Å². The molecule has 12 aromatic rings. The number of carbonyl (C=O) groups is 4. The molecule has 3 aliphatic heterocycles. The van der Waals surface area contributed by atoms with Gasteiger partial charge in [-0.25, -0.2) is 0 Å². The van der Waals surface area contributed by atoms with Crippen LogP contribution in [-0.2, 0) is 32.4 Å². The van der Waals surface area contributed by atoms with Crippen molar-refractivity contribution in [3.63, 3.8) is 0 Å². The summed E-state index contributed by atoms with van der Waals surface area (Å²) in [5.74, 6) is 0.0201. The molecule has 15 rings (SSSR count). The van der Waals surface area contributed by atoms with Gasteiger partial charge in [-0.2, -0.15) is 13.1 Å². The molecule has 0 saturated carbocycles. The van der Waals surface area contributed by atoms with Crippen LogP contribution in [0.2, 0.25) is 0 Å². The van der Waals surface area contributed by atoms with E-state index in [2.05, 4.69) is 99.7 Å². The standard InChI is InChI=1S/C19H19N3O2S.C19H19N3OS.C18H17N3OS.C18H18N2O2S/c23-11-12-1-3-13(4-2-12)16-9-20-10-17(16)19(24)22-15-6-5-14-8-21-25-18(14)7-15;1-12-2-4-13(5-3-12)16-10-20-11-17(16)19(23)22-15-7-6-14-9-21-24-18(14)8-15;22-18(21-14-7-6-13-9-20-23-17(13)8-14)16-11-19-10-15(16)12-4-2-1-3-5-12;19-10-16(13-3-1-12(11-21)2-4-13)18(22)20-15-6-5-14-7-8-23-17(14)9-15/h1-8,16-17,20,23H,9-11H2,(H,22,24);2-9,16-17,20H,10-11H2,1H3,(H,22,23);1-9,15-16,19H,10-11H2,(H,21,22);1-9,16,21H,10-11,19H2,(H,20,22)/t2*16-,17+;15-,16+;16-/m0001/s1. The van der Waals surface area contributed by atoms with E-state index < -0.39 is 5.92 Å². The Bertz CT molecular complexity index is 4560. The fraction of sp³-hybridized carbons (Fsp3) is 0.230. The first-order chi connectivity index (χ1) is 46.5. The highest BCUT2D eigenvalue weighted by Gasteiger charge is 2.36. The van der Waals surface area contributed by atoms with E-state index in [1.54, 1.807) is 11.3 Å². The fourth-order valence-corrected chi connectivity index (χ4v) is 15.2. The molecule has 3 aliphatic rings. The minimum absolute atomic E-state index is 0.0133. The maximum absolute atomic E-state index is 12.8. The van der Waals surface area contributed by atoms with Gasteiger partial charge in [0.15, 0.2) is 0 Å². The Balaban J connectivity index is 0.000000121. The molecule has 17 nitrogen and oxygen atoms in total. The predicted molar refractivity (Wildman–Crippen MR) is 387 cm³/mol. The van der Waals surface area contributed by atoms with E-state index in [1.165, 1.54) is 56.7 Å². The van der Waals surface area contributed by atoms with Crippen LogP contribution in [-0.4, -0.2) is 92.8 Å². The topological polar surface area (TPSA) is 258 Å². The van der Waals surface area contributed by atoms with E-state index in [-0.39, 0.29) is 78.9 Å². The first-order valence-electron chi connectivity index (χ1n) is 31.5. The molecule has 0 aliphatic carbocycles. The van der Waals surface area contributed by atoms with Crippen molar-refractivity contribution in [3.8, 4) is 0 Å². The number of anilines is 4. The summed E-state index contributed by atoms with van der Waals surface area (Å²) < 4.78 is 16.9. The molecule has 3 saturated heterocycles. The Morgan fingerprint density at radius 3 is 1.28 bits per heavy atom. The van der Waals surface area contributed by atoms with E-state index in [9.17, 15) is 24.3 Å². The van der Waals surface area contributed by atoms with Crippen LogP contribution >= 0.6 is 45.9 Å². The van der Waals surface area contributed by atoms with Crippen molar-refractivity contribution in [2.75, 3.05) is 67.1 Å². The molecule has 7 atom stereocenters. The molecule has 7 heterocycles. The number of carbonyl (C=O) groups excluding carboxylic acids is 4. The number of nitrogens with one attached hydrogen (secondary N) is 7. The zero-order chi connectivity index (χ0) is 65.6. The number of nitrogens with two attached hydrogens (primary N) is 1. The Kier molecular flexibility index (Phi) is 21.9. The summed E-state index contributed by atoms with van der Waals surface area (Å²) in [4.78, 5) is 50.8.